The minimum Gasteiger partial charge on any atom is -0.480 e. The summed E-state index contributed by atoms with van der Waals surface area (Å²) in [4.78, 5) is 33.0. The molecule has 8 heteroatoms. The number of hydrogen-bond donors (Lipinski definition) is 4. The molecule has 15 heavy (non-hydrogen) atoms. The fourth-order valence-corrected chi connectivity index (χ4v) is 0.750. The van der Waals surface area contributed by atoms with Crippen molar-refractivity contribution in [3.05, 3.63) is 0 Å². The van der Waals surface area contributed by atoms with E-state index in [1.807, 2.05) is 5.32 Å². The molecule has 0 aromatic heterocycles. The van der Waals surface area contributed by atoms with Crippen molar-refractivity contribution >= 4 is 17.9 Å². The fraction of sp³-hybridized carbons (Fsp3) is 0.571. The Hall–Kier alpha value is -1.83. The van der Waals surface area contributed by atoms with Crippen LogP contribution in [0, 0.1) is 0 Å². The second kappa shape index (κ2) is 5.81. The van der Waals surface area contributed by atoms with Crippen molar-refractivity contribution in [1.82, 2.24) is 10.2 Å². The van der Waals surface area contributed by atoms with Crippen LogP contribution in [0.25, 0.3) is 0 Å². The molecule has 0 saturated heterocycles. The molecule has 0 saturated carbocycles. The molecule has 0 radical (unpaired) electrons. The highest BCUT2D eigenvalue weighted by Crippen LogP contribution is 1.88. The van der Waals surface area contributed by atoms with E-state index in [2.05, 4.69) is 0 Å². The third kappa shape index (κ3) is 4.81. The van der Waals surface area contributed by atoms with Gasteiger partial charge in [-0.05, 0) is 0 Å². The Morgan fingerprint density at radius 1 is 1.47 bits per heavy atom. The number of hydrogen-bond acceptors (Lipinski definition) is 4. The van der Waals surface area contributed by atoms with Gasteiger partial charge in [-0.1, -0.05) is 0 Å². The summed E-state index contributed by atoms with van der Waals surface area (Å²) in [6.07, 6.45) is 0. The lowest BCUT2D eigenvalue weighted by Crippen LogP contribution is -2.50. The third-order valence-electron chi connectivity index (χ3n) is 1.52. The standard InChI is InChI=1S/C7H13N3O5/c1-10(2-5(8)12)7(15)9-4(3-11)6(13)14/h4,11H,2-3H2,1H3,(H2,8,12)(H,9,15)(H,13,14). The molecule has 0 aliphatic rings. The zero-order chi connectivity index (χ0) is 12.0. The maximum atomic E-state index is 11.2. The number of carbonyl (C=O) groups is 3. The Kier molecular flexibility index (Phi) is 5.10. The van der Waals surface area contributed by atoms with Gasteiger partial charge in [-0.15, -0.1) is 0 Å². The number of amides is 3. The number of carboxylic acid groups (broad SMARTS) is 1. The highest BCUT2D eigenvalue weighted by Gasteiger charge is 2.21. The summed E-state index contributed by atoms with van der Waals surface area (Å²) in [6, 6.07) is -2.19. The Morgan fingerprint density at radius 2 is 2.00 bits per heavy atom. The van der Waals surface area contributed by atoms with Crippen molar-refractivity contribution in [2.24, 2.45) is 5.73 Å². The molecule has 0 aliphatic heterocycles. The van der Waals surface area contributed by atoms with Gasteiger partial charge >= 0.3 is 12.0 Å². The van der Waals surface area contributed by atoms with Crippen LogP contribution in [0.2, 0.25) is 0 Å². The normalized spacial score (nSPS) is 11.6. The number of primary amides is 1. The van der Waals surface area contributed by atoms with Crippen LogP contribution >= 0.6 is 0 Å². The summed E-state index contributed by atoms with van der Waals surface area (Å²) in [5, 5.41) is 19.1. The summed E-state index contributed by atoms with van der Waals surface area (Å²) in [5.74, 6) is -2.08. The molecule has 0 rings (SSSR count). The molecule has 0 aliphatic carbocycles. The number of likely N-dealkylation sites (N-methyl/N-ethyl adjacent to an activating group) is 1. The van der Waals surface area contributed by atoms with Crippen LogP contribution in [0.3, 0.4) is 0 Å². The average molecular weight is 219 g/mol. The number of nitrogens with two attached hydrogens (primary N) is 1. The first kappa shape index (κ1) is 13.2. The minimum absolute atomic E-state index is 0.330. The molecule has 0 spiro atoms. The lowest BCUT2D eigenvalue weighted by Gasteiger charge is -2.18. The van der Waals surface area contributed by atoms with Crippen molar-refractivity contribution in [2.75, 3.05) is 20.2 Å². The molecule has 86 valence electrons. The molecule has 0 aromatic rings. The van der Waals surface area contributed by atoms with Crippen LogP contribution in [0.5, 0.6) is 0 Å². The van der Waals surface area contributed by atoms with Gasteiger partial charge in [-0.2, -0.15) is 0 Å². The third-order valence-corrected chi connectivity index (χ3v) is 1.52. The van der Waals surface area contributed by atoms with Crippen LogP contribution < -0.4 is 11.1 Å². The van der Waals surface area contributed by atoms with Gasteiger partial charge in [0.25, 0.3) is 0 Å². The Bertz CT molecular complexity index is 267. The van der Waals surface area contributed by atoms with Crippen molar-refractivity contribution < 1.29 is 24.6 Å². The van der Waals surface area contributed by atoms with E-state index in [-0.39, 0.29) is 6.54 Å². The second-order valence-electron chi connectivity index (χ2n) is 2.85. The van der Waals surface area contributed by atoms with Gasteiger partial charge in [0.15, 0.2) is 6.04 Å². The van der Waals surface area contributed by atoms with E-state index in [0.29, 0.717) is 0 Å². The molecule has 5 N–H and O–H groups in total. The van der Waals surface area contributed by atoms with Gasteiger partial charge in [-0.3, -0.25) is 4.79 Å². The first-order valence-electron chi connectivity index (χ1n) is 4.02. The molecular weight excluding hydrogens is 206 g/mol. The zero-order valence-corrected chi connectivity index (χ0v) is 8.14. The quantitative estimate of drug-likeness (QED) is 0.407. The summed E-state index contributed by atoms with van der Waals surface area (Å²) < 4.78 is 0. The van der Waals surface area contributed by atoms with Crippen molar-refractivity contribution in [3.8, 4) is 0 Å². The topological polar surface area (TPSA) is 133 Å². The Labute approximate surface area is 85.7 Å². The maximum absolute atomic E-state index is 11.2. The lowest BCUT2D eigenvalue weighted by atomic mass is 10.3. The number of nitrogens with zero attached hydrogens (tertiary/aromatic N) is 1. The summed E-state index contributed by atoms with van der Waals surface area (Å²) >= 11 is 0. The van der Waals surface area contributed by atoms with E-state index in [9.17, 15) is 14.4 Å². The Balaban J connectivity index is 4.21. The number of carbonyl (C=O) groups excluding carboxylic acids is 2. The SMILES string of the molecule is CN(CC(N)=O)C(=O)NC(CO)C(=O)O. The molecule has 1 atom stereocenters. The highest BCUT2D eigenvalue weighted by molar-refractivity contribution is 5.85. The molecular formula is C7H13N3O5. The van der Waals surface area contributed by atoms with Gasteiger partial charge < -0.3 is 26.2 Å². The molecule has 1 unspecified atom stereocenters. The van der Waals surface area contributed by atoms with E-state index in [1.54, 1.807) is 0 Å². The Morgan fingerprint density at radius 3 is 2.33 bits per heavy atom. The number of rotatable bonds is 5. The fourth-order valence-electron chi connectivity index (χ4n) is 0.750. The predicted octanol–water partition coefficient (Wildman–Crippen LogP) is -2.44. The zero-order valence-electron chi connectivity index (χ0n) is 8.14. The molecule has 3 amide bonds. The van der Waals surface area contributed by atoms with E-state index < -0.39 is 30.6 Å². The van der Waals surface area contributed by atoms with E-state index in [0.717, 1.165) is 4.90 Å². The van der Waals surface area contributed by atoms with Crippen LogP contribution in [0.15, 0.2) is 0 Å². The minimum atomic E-state index is -1.40. The number of aliphatic hydroxyl groups is 1. The van der Waals surface area contributed by atoms with Gasteiger partial charge in [0.2, 0.25) is 5.91 Å². The number of aliphatic hydroxyl groups excluding tert-OH is 1. The van der Waals surface area contributed by atoms with Gasteiger partial charge in [0, 0.05) is 7.05 Å². The smallest absolute Gasteiger partial charge is 0.328 e. The molecule has 0 heterocycles. The first-order valence-corrected chi connectivity index (χ1v) is 4.02. The number of carboxylic acids is 1. The summed E-state index contributed by atoms with van der Waals surface area (Å²) in [7, 11) is 1.27. The summed E-state index contributed by atoms with van der Waals surface area (Å²) in [6.45, 7) is -1.06. The monoisotopic (exact) mass is 219 g/mol. The molecule has 0 bridgehead atoms. The first-order chi connectivity index (χ1) is 6.88. The maximum Gasteiger partial charge on any atom is 0.328 e. The molecule has 0 aromatic carbocycles. The van der Waals surface area contributed by atoms with Crippen LogP contribution in [0.4, 0.5) is 4.79 Å². The van der Waals surface area contributed by atoms with Crippen LogP contribution in [0.1, 0.15) is 0 Å². The number of aliphatic carboxylic acids is 1. The van der Waals surface area contributed by atoms with Gasteiger partial charge in [0.1, 0.15) is 6.54 Å². The van der Waals surface area contributed by atoms with Crippen LogP contribution in [-0.4, -0.2) is 59.3 Å². The molecule has 8 nitrogen and oxygen atoms in total. The highest BCUT2D eigenvalue weighted by atomic mass is 16.4. The van der Waals surface area contributed by atoms with E-state index >= 15 is 0 Å². The van der Waals surface area contributed by atoms with Crippen LogP contribution in [-0.2, 0) is 9.59 Å². The predicted molar refractivity (Wildman–Crippen MR) is 48.9 cm³/mol. The van der Waals surface area contributed by atoms with Gasteiger partial charge in [0.05, 0.1) is 6.61 Å². The summed E-state index contributed by atoms with van der Waals surface area (Å²) in [5.41, 5.74) is 4.83. The lowest BCUT2D eigenvalue weighted by molar-refractivity contribution is -0.140. The van der Waals surface area contributed by atoms with Gasteiger partial charge in [-0.25, -0.2) is 9.59 Å². The van der Waals surface area contributed by atoms with E-state index in [1.165, 1.54) is 7.05 Å². The van der Waals surface area contributed by atoms with Crippen molar-refractivity contribution in [3.63, 3.8) is 0 Å². The van der Waals surface area contributed by atoms with Crippen molar-refractivity contribution in [2.45, 2.75) is 6.04 Å². The largest absolute Gasteiger partial charge is 0.480 e. The number of nitrogens with one attached hydrogen (secondary N) is 1. The van der Waals surface area contributed by atoms with Crippen molar-refractivity contribution in [1.29, 1.82) is 0 Å². The average Bonchev–Trinajstić information content (AvgIpc) is 2.11. The van der Waals surface area contributed by atoms with E-state index in [4.69, 9.17) is 15.9 Å². The second-order valence-corrected chi connectivity index (χ2v) is 2.85. The molecule has 0 fully saturated rings. The number of urea groups is 1.